The third kappa shape index (κ3) is 3.10. The fourth-order valence-electron chi connectivity index (χ4n) is 1.51. The molecule has 2 nitrogen and oxygen atoms in total. The summed E-state index contributed by atoms with van der Waals surface area (Å²) in [6.45, 7) is 0. The van der Waals surface area contributed by atoms with Crippen LogP contribution in [0.25, 0.3) is 11.6 Å². The zero-order valence-electron chi connectivity index (χ0n) is 9.27. The maximum Gasteiger partial charge on any atom is 0.101 e. The molecule has 1 heterocycles. The van der Waals surface area contributed by atoms with Crippen LogP contribution in [0.2, 0.25) is 10.0 Å². The smallest absolute Gasteiger partial charge is 0.101 e. The predicted octanol–water partition coefficient (Wildman–Crippen LogP) is 4.45. The molecule has 0 radical (unpaired) electrons. The molecule has 4 heteroatoms. The van der Waals surface area contributed by atoms with E-state index in [0.717, 1.165) is 5.56 Å². The lowest BCUT2D eigenvalue weighted by Gasteiger charge is -2.00. The molecule has 0 aliphatic rings. The minimum absolute atomic E-state index is 0.467. The highest BCUT2D eigenvalue weighted by molar-refractivity contribution is 6.34. The van der Waals surface area contributed by atoms with Gasteiger partial charge in [0.2, 0.25) is 0 Å². The van der Waals surface area contributed by atoms with Crippen LogP contribution in [-0.4, -0.2) is 4.98 Å². The van der Waals surface area contributed by atoms with Crippen molar-refractivity contribution in [1.29, 1.82) is 5.26 Å². The van der Waals surface area contributed by atoms with E-state index in [0.29, 0.717) is 21.3 Å². The summed E-state index contributed by atoms with van der Waals surface area (Å²) in [6.07, 6.45) is 3.35. The fraction of sp³-hybridized carbons (Fsp3) is 0. The molecule has 0 unspecified atom stereocenters. The van der Waals surface area contributed by atoms with Crippen LogP contribution < -0.4 is 0 Å². The Labute approximate surface area is 115 Å². The highest BCUT2D eigenvalue weighted by atomic mass is 35.5. The van der Waals surface area contributed by atoms with E-state index >= 15 is 0 Å². The molecule has 0 N–H and O–H groups in total. The topological polar surface area (TPSA) is 36.7 Å². The van der Waals surface area contributed by atoms with Crippen LogP contribution in [-0.2, 0) is 0 Å². The number of benzene rings is 1. The molecule has 0 bridgehead atoms. The second-order valence-electron chi connectivity index (χ2n) is 3.59. The molecule has 0 atom stereocenters. The van der Waals surface area contributed by atoms with Gasteiger partial charge in [-0.2, -0.15) is 5.26 Å². The third-order valence-electron chi connectivity index (χ3n) is 2.26. The van der Waals surface area contributed by atoms with E-state index in [-0.39, 0.29) is 0 Å². The van der Waals surface area contributed by atoms with Gasteiger partial charge < -0.3 is 0 Å². The van der Waals surface area contributed by atoms with Crippen molar-refractivity contribution in [3.05, 3.63) is 63.9 Å². The number of aromatic nitrogens is 1. The molecule has 0 saturated heterocycles. The van der Waals surface area contributed by atoms with Crippen LogP contribution in [0.5, 0.6) is 0 Å². The van der Waals surface area contributed by atoms with Gasteiger partial charge in [-0.1, -0.05) is 29.3 Å². The number of halogens is 2. The van der Waals surface area contributed by atoms with E-state index in [9.17, 15) is 0 Å². The Morgan fingerprint density at radius 2 is 1.89 bits per heavy atom. The normalized spacial score (nSPS) is 11.1. The lowest BCUT2D eigenvalue weighted by molar-refractivity contribution is 1.28. The lowest BCUT2D eigenvalue weighted by atomic mass is 10.1. The first-order valence-corrected chi connectivity index (χ1v) is 5.94. The zero-order valence-corrected chi connectivity index (χ0v) is 10.8. The van der Waals surface area contributed by atoms with Crippen LogP contribution in [0, 0.1) is 11.3 Å². The highest BCUT2D eigenvalue weighted by Gasteiger charge is 2.03. The van der Waals surface area contributed by atoms with Crippen LogP contribution in [0.1, 0.15) is 11.3 Å². The van der Waals surface area contributed by atoms with Gasteiger partial charge in [-0.25, -0.2) is 0 Å². The summed E-state index contributed by atoms with van der Waals surface area (Å²) in [7, 11) is 0. The first-order valence-electron chi connectivity index (χ1n) is 5.18. The standard InChI is InChI=1S/C14H8Cl2N2/c15-12-6-10(7-13(16)8-12)5-11(9-17)14-3-1-2-4-18-14/h1-8H/b11-5-. The van der Waals surface area contributed by atoms with E-state index < -0.39 is 0 Å². The van der Waals surface area contributed by atoms with Gasteiger partial charge in [0.1, 0.15) is 6.07 Å². The number of hydrogen-bond acceptors (Lipinski definition) is 2. The maximum atomic E-state index is 9.16. The molecule has 0 spiro atoms. The van der Waals surface area contributed by atoms with Gasteiger partial charge in [0.15, 0.2) is 0 Å². The van der Waals surface area contributed by atoms with Crippen LogP contribution >= 0.6 is 23.2 Å². The second kappa shape index (κ2) is 5.68. The average Bonchev–Trinajstić information content (AvgIpc) is 2.36. The lowest BCUT2D eigenvalue weighted by Crippen LogP contribution is -1.86. The second-order valence-corrected chi connectivity index (χ2v) is 4.46. The van der Waals surface area contributed by atoms with Crippen molar-refractivity contribution in [2.75, 3.05) is 0 Å². The molecule has 0 aliphatic carbocycles. The Bertz CT molecular complexity index is 608. The monoisotopic (exact) mass is 274 g/mol. The summed E-state index contributed by atoms with van der Waals surface area (Å²) >= 11 is 11.8. The number of nitrogens with zero attached hydrogens (tertiary/aromatic N) is 2. The van der Waals surface area contributed by atoms with Gasteiger partial charge in [-0.3, -0.25) is 4.98 Å². The van der Waals surface area contributed by atoms with E-state index in [1.54, 1.807) is 42.6 Å². The number of nitriles is 1. The zero-order chi connectivity index (χ0) is 13.0. The van der Waals surface area contributed by atoms with Crippen molar-refractivity contribution in [1.82, 2.24) is 4.98 Å². The van der Waals surface area contributed by atoms with E-state index in [4.69, 9.17) is 28.5 Å². The molecule has 0 fully saturated rings. The first kappa shape index (κ1) is 12.6. The van der Waals surface area contributed by atoms with E-state index in [2.05, 4.69) is 11.1 Å². The summed E-state index contributed by atoms with van der Waals surface area (Å²) in [4.78, 5) is 4.13. The number of allylic oxidation sites excluding steroid dienone is 1. The maximum absolute atomic E-state index is 9.16. The minimum atomic E-state index is 0.467. The van der Waals surface area contributed by atoms with Crippen molar-refractivity contribution >= 4 is 34.9 Å². The summed E-state index contributed by atoms with van der Waals surface area (Å²) in [5.74, 6) is 0. The van der Waals surface area contributed by atoms with Gasteiger partial charge in [-0.05, 0) is 42.0 Å². The highest BCUT2D eigenvalue weighted by Crippen LogP contribution is 2.22. The molecule has 88 valence electrons. The molecule has 2 rings (SSSR count). The van der Waals surface area contributed by atoms with Gasteiger partial charge in [0.05, 0.1) is 11.3 Å². The molecule has 1 aromatic carbocycles. The first-order chi connectivity index (χ1) is 8.69. The van der Waals surface area contributed by atoms with Crippen molar-refractivity contribution in [2.45, 2.75) is 0 Å². The van der Waals surface area contributed by atoms with Gasteiger partial charge in [0.25, 0.3) is 0 Å². The molecule has 1 aromatic heterocycles. The van der Waals surface area contributed by atoms with Crippen LogP contribution in [0.15, 0.2) is 42.6 Å². The van der Waals surface area contributed by atoms with Crippen molar-refractivity contribution < 1.29 is 0 Å². The minimum Gasteiger partial charge on any atom is -0.256 e. The SMILES string of the molecule is N#C/C(=C/c1cc(Cl)cc(Cl)c1)c1ccccn1. The molecule has 0 amide bonds. The largest absolute Gasteiger partial charge is 0.256 e. The number of rotatable bonds is 2. The summed E-state index contributed by atoms with van der Waals surface area (Å²) in [5.41, 5.74) is 1.86. The molecule has 0 aliphatic heterocycles. The predicted molar refractivity (Wildman–Crippen MR) is 74.2 cm³/mol. The summed E-state index contributed by atoms with van der Waals surface area (Å²) in [5, 5.41) is 10.2. The Morgan fingerprint density at radius 3 is 2.44 bits per heavy atom. The quantitative estimate of drug-likeness (QED) is 0.759. The van der Waals surface area contributed by atoms with Crippen molar-refractivity contribution in [3.8, 4) is 6.07 Å². The molecule has 0 saturated carbocycles. The Balaban J connectivity index is 2.45. The number of pyridine rings is 1. The molecule has 2 aromatic rings. The van der Waals surface area contributed by atoms with Crippen LogP contribution in [0.3, 0.4) is 0 Å². The molecule has 18 heavy (non-hydrogen) atoms. The van der Waals surface area contributed by atoms with Gasteiger partial charge in [-0.15, -0.1) is 0 Å². The van der Waals surface area contributed by atoms with Crippen molar-refractivity contribution in [3.63, 3.8) is 0 Å². The fourth-order valence-corrected chi connectivity index (χ4v) is 2.05. The van der Waals surface area contributed by atoms with Gasteiger partial charge >= 0.3 is 0 Å². The number of hydrogen-bond donors (Lipinski definition) is 0. The van der Waals surface area contributed by atoms with E-state index in [1.807, 2.05) is 6.07 Å². The van der Waals surface area contributed by atoms with E-state index in [1.165, 1.54) is 0 Å². The van der Waals surface area contributed by atoms with Gasteiger partial charge in [0, 0.05) is 16.2 Å². The van der Waals surface area contributed by atoms with Crippen molar-refractivity contribution in [2.24, 2.45) is 0 Å². The molecular weight excluding hydrogens is 267 g/mol. The summed E-state index contributed by atoms with van der Waals surface area (Å²) < 4.78 is 0. The Hall–Kier alpha value is -1.82. The third-order valence-corrected chi connectivity index (χ3v) is 2.69. The Kier molecular flexibility index (Phi) is 3.99. The Morgan fingerprint density at radius 1 is 1.17 bits per heavy atom. The molecular formula is C14H8Cl2N2. The average molecular weight is 275 g/mol. The van der Waals surface area contributed by atoms with Crippen LogP contribution in [0.4, 0.5) is 0 Å². The summed E-state index contributed by atoms with van der Waals surface area (Å²) in [6, 6.07) is 12.7.